The van der Waals surface area contributed by atoms with Crippen LogP contribution in [0.1, 0.15) is 6.92 Å². The number of benzene rings is 1. The fourth-order valence-corrected chi connectivity index (χ4v) is 2.11. The summed E-state index contributed by atoms with van der Waals surface area (Å²) >= 11 is 0. The van der Waals surface area contributed by atoms with Crippen molar-refractivity contribution in [3.8, 4) is 5.75 Å². The normalized spacial score (nSPS) is 18.1. The van der Waals surface area contributed by atoms with Gasteiger partial charge in [0.25, 0.3) is 0 Å². The Bertz CT molecular complexity index is 649. The Hall–Kier alpha value is -2.37. The smallest absolute Gasteiger partial charge is 0.172 e. The van der Waals surface area contributed by atoms with Crippen molar-refractivity contribution in [2.24, 2.45) is 17.3 Å². The number of ether oxygens (including phenoxy) is 1. The maximum absolute atomic E-state index is 5.75. The van der Waals surface area contributed by atoms with Gasteiger partial charge in [0, 0.05) is 26.2 Å². The van der Waals surface area contributed by atoms with Crippen LogP contribution in [0, 0.1) is 0 Å². The molecule has 3 rings (SSSR count). The van der Waals surface area contributed by atoms with Gasteiger partial charge < -0.3 is 9.64 Å². The van der Waals surface area contributed by atoms with Gasteiger partial charge in [0.1, 0.15) is 12.4 Å². The highest BCUT2D eigenvalue weighted by molar-refractivity contribution is 5.64. The van der Waals surface area contributed by atoms with Crippen molar-refractivity contribution < 1.29 is 4.74 Å². The van der Waals surface area contributed by atoms with E-state index in [0.29, 0.717) is 12.6 Å². The van der Waals surface area contributed by atoms with Crippen LogP contribution in [0.2, 0.25) is 0 Å². The molecule has 0 spiro atoms. The lowest BCUT2D eigenvalue weighted by Crippen LogP contribution is -2.37. The average Bonchev–Trinajstić information content (AvgIpc) is 2.86. The van der Waals surface area contributed by atoms with Crippen LogP contribution in [0.3, 0.4) is 0 Å². The predicted molar refractivity (Wildman–Crippen MR) is 77.2 cm³/mol. The van der Waals surface area contributed by atoms with Crippen molar-refractivity contribution in [2.45, 2.75) is 13.0 Å². The zero-order valence-electron chi connectivity index (χ0n) is 11.8. The highest BCUT2D eigenvalue weighted by Crippen LogP contribution is 2.36. The van der Waals surface area contributed by atoms with E-state index < -0.39 is 0 Å². The summed E-state index contributed by atoms with van der Waals surface area (Å²) in [6, 6.07) is 8.06. The first-order valence-electron chi connectivity index (χ1n) is 6.54. The standard InChI is InChI=1S/C14H17N5O/c1-10-9-20-13-8-11(4-5-12(13)18(10)2)16-17-14-6-7-15-19(14)3/h4-8,10H,9H2,1-3H3. The Kier molecular flexibility index (Phi) is 3.14. The van der Waals surface area contributed by atoms with E-state index in [9.17, 15) is 0 Å². The van der Waals surface area contributed by atoms with Crippen molar-refractivity contribution >= 4 is 17.2 Å². The molecule has 0 N–H and O–H groups in total. The second kappa shape index (κ2) is 4.96. The molecule has 6 heteroatoms. The fraction of sp³-hybridized carbons (Fsp3) is 0.357. The number of aryl methyl sites for hydroxylation is 1. The highest BCUT2D eigenvalue weighted by Gasteiger charge is 2.21. The molecule has 6 nitrogen and oxygen atoms in total. The maximum atomic E-state index is 5.75. The molecule has 1 aromatic carbocycles. The SMILES string of the molecule is CC1COc2cc(N=Nc3ccnn3C)ccc2N1C. The van der Waals surface area contributed by atoms with Crippen molar-refractivity contribution in [1.82, 2.24) is 9.78 Å². The number of aromatic nitrogens is 2. The quantitative estimate of drug-likeness (QED) is 0.789. The molecule has 0 fully saturated rings. The van der Waals surface area contributed by atoms with E-state index in [4.69, 9.17) is 4.74 Å². The first-order chi connectivity index (χ1) is 9.65. The molecule has 104 valence electrons. The summed E-state index contributed by atoms with van der Waals surface area (Å²) in [7, 11) is 3.91. The van der Waals surface area contributed by atoms with Crippen molar-refractivity contribution in [2.75, 3.05) is 18.6 Å². The Balaban J connectivity index is 1.86. The zero-order chi connectivity index (χ0) is 14.1. The number of azo groups is 1. The van der Waals surface area contributed by atoms with E-state index in [-0.39, 0.29) is 0 Å². The summed E-state index contributed by atoms with van der Waals surface area (Å²) in [6.07, 6.45) is 1.70. The second-order valence-electron chi connectivity index (χ2n) is 4.94. The molecule has 0 aliphatic carbocycles. The van der Waals surface area contributed by atoms with Crippen LogP contribution >= 0.6 is 0 Å². The van der Waals surface area contributed by atoms with Gasteiger partial charge in [0.15, 0.2) is 5.82 Å². The summed E-state index contributed by atoms with van der Waals surface area (Å²) < 4.78 is 7.42. The molecular weight excluding hydrogens is 254 g/mol. The third-order valence-electron chi connectivity index (χ3n) is 3.53. The Morgan fingerprint density at radius 1 is 1.25 bits per heavy atom. The van der Waals surface area contributed by atoms with Crippen LogP contribution in [-0.2, 0) is 7.05 Å². The van der Waals surface area contributed by atoms with E-state index in [1.54, 1.807) is 10.9 Å². The third-order valence-corrected chi connectivity index (χ3v) is 3.53. The van der Waals surface area contributed by atoms with E-state index in [1.807, 2.05) is 31.3 Å². The van der Waals surface area contributed by atoms with Crippen molar-refractivity contribution in [1.29, 1.82) is 0 Å². The topological polar surface area (TPSA) is 55.0 Å². The largest absolute Gasteiger partial charge is 0.489 e. The lowest BCUT2D eigenvalue weighted by Gasteiger charge is -2.33. The Morgan fingerprint density at radius 3 is 2.85 bits per heavy atom. The van der Waals surface area contributed by atoms with Crippen LogP contribution in [-0.4, -0.2) is 29.5 Å². The second-order valence-corrected chi connectivity index (χ2v) is 4.94. The van der Waals surface area contributed by atoms with Gasteiger partial charge in [-0.3, -0.25) is 0 Å². The molecule has 0 amide bonds. The van der Waals surface area contributed by atoms with Gasteiger partial charge in [-0.2, -0.15) is 5.10 Å². The highest BCUT2D eigenvalue weighted by atomic mass is 16.5. The van der Waals surface area contributed by atoms with Crippen LogP contribution in [0.4, 0.5) is 17.2 Å². The summed E-state index contributed by atoms with van der Waals surface area (Å²) in [5.74, 6) is 1.57. The average molecular weight is 271 g/mol. The molecule has 2 heterocycles. The zero-order valence-corrected chi connectivity index (χ0v) is 11.8. The van der Waals surface area contributed by atoms with Gasteiger partial charge in [-0.1, -0.05) is 0 Å². The summed E-state index contributed by atoms with van der Waals surface area (Å²) in [5, 5.41) is 12.5. The number of fused-ring (bicyclic) bond motifs is 1. The molecule has 0 saturated carbocycles. The van der Waals surface area contributed by atoms with Gasteiger partial charge in [0.05, 0.1) is 23.6 Å². The van der Waals surface area contributed by atoms with E-state index in [1.165, 1.54) is 0 Å². The lowest BCUT2D eigenvalue weighted by molar-refractivity contribution is 0.275. The first kappa shape index (κ1) is 12.7. The number of rotatable bonds is 2. The molecular formula is C14H17N5O. The van der Waals surface area contributed by atoms with Crippen LogP contribution in [0.15, 0.2) is 40.7 Å². The van der Waals surface area contributed by atoms with Gasteiger partial charge in [-0.05, 0) is 19.1 Å². The van der Waals surface area contributed by atoms with Crippen LogP contribution in [0.25, 0.3) is 0 Å². The van der Waals surface area contributed by atoms with Gasteiger partial charge in [0.2, 0.25) is 0 Å². The molecule has 0 radical (unpaired) electrons. The minimum absolute atomic E-state index is 0.379. The third kappa shape index (κ3) is 2.24. The predicted octanol–water partition coefficient (Wildman–Crippen LogP) is 3.05. The number of hydrogen-bond donors (Lipinski definition) is 0. The Morgan fingerprint density at radius 2 is 2.10 bits per heavy atom. The number of nitrogens with zero attached hydrogens (tertiary/aromatic N) is 5. The lowest BCUT2D eigenvalue weighted by atomic mass is 10.2. The van der Waals surface area contributed by atoms with Gasteiger partial charge in [-0.25, -0.2) is 4.68 Å². The Labute approximate surface area is 117 Å². The molecule has 1 aliphatic heterocycles. The molecule has 1 aromatic heterocycles. The monoisotopic (exact) mass is 271 g/mol. The number of anilines is 1. The summed E-state index contributed by atoms with van der Waals surface area (Å²) in [6.45, 7) is 2.82. The molecule has 1 atom stereocenters. The van der Waals surface area contributed by atoms with Crippen LogP contribution in [0.5, 0.6) is 5.75 Å². The van der Waals surface area contributed by atoms with E-state index >= 15 is 0 Å². The molecule has 1 aliphatic rings. The molecule has 20 heavy (non-hydrogen) atoms. The van der Waals surface area contributed by atoms with Crippen LogP contribution < -0.4 is 9.64 Å². The number of hydrogen-bond acceptors (Lipinski definition) is 5. The van der Waals surface area contributed by atoms with E-state index in [2.05, 4.69) is 34.2 Å². The minimum Gasteiger partial charge on any atom is -0.489 e. The van der Waals surface area contributed by atoms with E-state index in [0.717, 1.165) is 22.9 Å². The number of likely N-dealkylation sites (N-methyl/N-ethyl adjacent to an activating group) is 1. The summed E-state index contributed by atoms with van der Waals surface area (Å²) in [4.78, 5) is 2.21. The van der Waals surface area contributed by atoms with Crippen molar-refractivity contribution in [3.63, 3.8) is 0 Å². The fourth-order valence-electron chi connectivity index (χ4n) is 2.11. The van der Waals surface area contributed by atoms with Gasteiger partial charge >= 0.3 is 0 Å². The van der Waals surface area contributed by atoms with Gasteiger partial charge in [-0.15, -0.1) is 10.2 Å². The summed E-state index contributed by atoms with van der Waals surface area (Å²) in [5.41, 5.74) is 1.86. The van der Waals surface area contributed by atoms with Crippen molar-refractivity contribution in [3.05, 3.63) is 30.5 Å². The maximum Gasteiger partial charge on any atom is 0.172 e. The molecule has 0 bridgehead atoms. The molecule has 1 unspecified atom stereocenters. The molecule has 0 saturated heterocycles. The molecule has 2 aromatic rings. The first-order valence-corrected chi connectivity index (χ1v) is 6.54. The minimum atomic E-state index is 0.379.